The summed E-state index contributed by atoms with van der Waals surface area (Å²) < 4.78 is 4.81. The van der Waals surface area contributed by atoms with Crippen LogP contribution in [0.25, 0.3) is 111 Å². The zero-order valence-corrected chi connectivity index (χ0v) is 35.4. The van der Waals surface area contributed by atoms with E-state index in [4.69, 9.17) is 15.0 Å². The predicted octanol–water partition coefficient (Wildman–Crippen LogP) is 15.0. The number of hydrogen-bond donors (Lipinski definition) is 0. The molecule has 0 aliphatic carbocycles. The highest BCUT2D eigenvalue weighted by Gasteiger charge is 2.21. The van der Waals surface area contributed by atoms with E-state index in [2.05, 4.69) is 199 Å². The van der Waals surface area contributed by atoms with Gasteiger partial charge in [0.1, 0.15) is 0 Å². The summed E-state index contributed by atoms with van der Waals surface area (Å²) in [5.74, 6) is 1.84. The molecule has 0 atom stereocenters. The minimum Gasteiger partial charge on any atom is -0.309 e. The van der Waals surface area contributed by atoms with Crippen molar-refractivity contribution in [3.05, 3.63) is 223 Å². The van der Waals surface area contributed by atoms with Crippen molar-refractivity contribution in [2.75, 3.05) is 0 Å². The first-order valence-corrected chi connectivity index (χ1v) is 21.8. The van der Waals surface area contributed by atoms with Crippen LogP contribution < -0.4 is 0 Å². The molecule has 0 N–H and O–H groups in total. The van der Waals surface area contributed by atoms with Gasteiger partial charge in [0.25, 0.3) is 0 Å². The van der Waals surface area contributed by atoms with Crippen molar-refractivity contribution in [3.63, 3.8) is 0 Å². The van der Waals surface area contributed by atoms with Gasteiger partial charge < -0.3 is 9.13 Å². The minimum atomic E-state index is 0.598. The quantitative estimate of drug-likeness (QED) is 0.161. The van der Waals surface area contributed by atoms with Crippen LogP contribution in [0.1, 0.15) is 11.1 Å². The summed E-state index contributed by atoms with van der Waals surface area (Å²) in [4.78, 5) is 15.6. The van der Waals surface area contributed by atoms with E-state index < -0.39 is 0 Å². The summed E-state index contributed by atoms with van der Waals surface area (Å²) in [6, 6.07) is 75.7. The predicted molar refractivity (Wildman–Crippen MR) is 265 cm³/mol. The van der Waals surface area contributed by atoms with Crippen molar-refractivity contribution in [2.24, 2.45) is 0 Å². The molecule has 0 aliphatic heterocycles. The van der Waals surface area contributed by atoms with E-state index in [1.54, 1.807) is 0 Å². The second-order valence-corrected chi connectivity index (χ2v) is 16.6. The first-order chi connectivity index (χ1) is 31.6. The fourth-order valence-electron chi connectivity index (χ4n) is 9.55. The van der Waals surface area contributed by atoms with Crippen LogP contribution in [0.3, 0.4) is 0 Å². The molecule has 9 aromatic carbocycles. The molecule has 3 aromatic heterocycles. The Hall–Kier alpha value is -8.41. The van der Waals surface area contributed by atoms with E-state index in [0.717, 1.165) is 50.1 Å². The van der Waals surface area contributed by atoms with Gasteiger partial charge in [0.2, 0.25) is 0 Å². The zero-order chi connectivity index (χ0) is 42.7. The van der Waals surface area contributed by atoms with E-state index in [1.165, 1.54) is 54.9 Å². The second-order valence-electron chi connectivity index (χ2n) is 16.6. The smallest absolute Gasteiger partial charge is 0.164 e. The molecule has 0 radical (unpaired) electrons. The number of para-hydroxylation sites is 2. The van der Waals surface area contributed by atoms with E-state index in [9.17, 15) is 0 Å². The van der Waals surface area contributed by atoms with Crippen LogP contribution in [0.4, 0.5) is 0 Å². The number of hydrogen-bond acceptors (Lipinski definition) is 3. The highest BCUT2D eigenvalue weighted by molar-refractivity contribution is 6.12. The third-order valence-electron chi connectivity index (χ3n) is 12.6. The van der Waals surface area contributed by atoms with Crippen LogP contribution >= 0.6 is 0 Å². The van der Waals surface area contributed by atoms with Gasteiger partial charge in [-0.05, 0) is 102 Å². The fraction of sp³-hybridized carbons (Fsp3) is 0.0339. The van der Waals surface area contributed by atoms with Gasteiger partial charge in [0, 0.05) is 49.6 Å². The Labute approximate surface area is 371 Å². The number of aryl methyl sites for hydroxylation is 2. The summed E-state index contributed by atoms with van der Waals surface area (Å²) in [7, 11) is 0. The van der Waals surface area contributed by atoms with Crippen molar-refractivity contribution in [1.82, 2.24) is 24.1 Å². The third-order valence-corrected chi connectivity index (χ3v) is 12.6. The molecule has 3 heterocycles. The molecule has 0 amide bonds. The largest absolute Gasteiger partial charge is 0.309 e. The third kappa shape index (κ3) is 6.28. The molecule has 0 bridgehead atoms. The Balaban J connectivity index is 1.15. The van der Waals surface area contributed by atoms with Crippen LogP contribution in [0.5, 0.6) is 0 Å². The highest BCUT2D eigenvalue weighted by Crippen LogP contribution is 2.40. The van der Waals surface area contributed by atoms with Crippen LogP contribution in [0.15, 0.2) is 212 Å². The van der Waals surface area contributed by atoms with Gasteiger partial charge in [-0.15, -0.1) is 0 Å². The van der Waals surface area contributed by atoms with E-state index >= 15 is 0 Å². The first kappa shape index (κ1) is 37.4. The molecule has 64 heavy (non-hydrogen) atoms. The Bertz CT molecular complexity index is 3510. The lowest BCUT2D eigenvalue weighted by Gasteiger charge is -2.16. The summed E-state index contributed by atoms with van der Waals surface area (Å²) in [6.07, 6.45) is 0. The van der Waals surface area contributed by atoms with Crippen molar-refractivity contribution < 1.29 is 0 Å². The van der Waals surface area contributed by atoms with Gasteiger partial charge >= 0.3 is 0 Å². The topological polar surface area (TPSA) is 48.5 Å². The van der Waals surface area contributed by atoms with Gasteiger partial charge in [0.05, 0.1) is 22.1 Å². The lowest BCUT2D eigenvalue weighted by atomic mass is 9.99. The van der Waals surface area contributed by atoms with Crippen molar-refractivity contribution in [2.45, 2.75) is 13.8 Å². The Morgan fingerprint density at radius 2 is 0.656 bits per heavy atom. The van der Waals surface area contributed by atoms with Gasteiger partial charge in [-0.25, -0.2) is 15.0 Å². The molecule has 302 valence electrons. The van der Waals surface area contributed by atoms with Crippen LogP contribution in [-0.2, 0) is 0 Å². The average molecular weight is 820 g/mol. The maximum Gasteiger partial charge on any atom is 0.164 e. The van der Waals surface area contributed by atoms with Crippen LogP contribution in [0, 0.1) is 13.8 Å². The molecular formula is C59H41N5. The molecule has 5 nitrogen and oxygen atoms in total. The van der Waals surface area contributed by atoms with Gasteiger partial charge in [0.15, 0.2) is 17.5 Å². The molecule has 12 rings (SSSR count). The SMILES string of the molecule is Cc1ccccc1-c1ccc2c(c1)c1ccccc1n2-c1cc(-c2nc(-c3ccccc3)nc(-c3ccccc3)n2)cc(-n2c3ccccc3c3cc(-c4ccccc4C)ccc32)c1. The molecule has 0 fully saturated rings. The second kappa shape index (κ2) is 15.2. The minimum absolute atomic E-state index is 0.598. The Morgan fingerprint density at radius 1 is 0.281 bits per heavy atom. The maximum absolute atomic E-state index is 5.26. The number of fused-ring (bicyclic) bond motifs is 6. The number of benzene rings is 9. The fourth-order valence-corrected chi connectivity index (χ4v) is 9.55. The lowest BCUT2D eigenvalue weighted by molar-refractivity contribution is 1.07. The van der Waals surface area contributed by atoms with E-state index in [0.29, 0.717) is 17.5 Å². The Morgan fingerprint density at radius 3 is 1.11 bits per heavy atom. The van der Waals surface area contributed by atoms with Crippen LogP contribution in [0.2, 0.25) is 0 Å². The summed E-state index contributed by atoms with van der Waals surface area (Å²) in [5, 5.41) is 4.78. The average Bonchev–Trinajstić information content (AvgIpc) is 3.87. The molecule has 0 aliphatic rings. The maximum atomic E-state index is 5.26. The summed E-state index contributed by atoms with van der Waals surface area (Å²) in [5.41, 5.74) is 16.6. The number of aromatic nitrogens is 5. The first-order valence-electron chi connectivity index (χ1n) is 21.8. The molecule has 12 aromatic rings. The highest BCUT2D eigenvalue weighted by atomic mass is 15.0. The van der Waals surface area contributed by atoms with Crippen molar-refractivity contribution in [3.8, 4) is 67.8 Å². The van der Waals surface area contributed by atoms with E-state index in [-0.39, 0.29) is 0 Å². The number of rotatable bonds is 7. The van der Waals surface area contributed by atoms with Gasteiger partial charge in [-0.3, -0.25) is 0 Å². The van der Waals surface area contributed by atoms with Gasteiger partial charge in [-0.2, -0.15) is 0 Å². The molecule has 0 saturated heterocycles. The molecule has 5 heteroatoms. The summed E-state index contributed by atoms with van der Waals surface area (Å²) >= 11 is 0. The molecule has 0 spiro atoms. The summed E-state index contributed by atoms with van der Waals surface area (Å²) in [6.45, 7) is 4.36. The Kier molecular flexibility index (Phi) is 8.87. The van der Waals surface area contributed by atoms with Crippen molar-refractivity contribution in [1.29, 1.82) is 0 Å². The van der Waals surface area contributed by atoms with Crippen molar-refractivity contribution >= 4 is 43.6 Å². The molecule has 0 unspecified atom stereocenters. The van der Waals surface area contributed by atoms with Gasteiger partial charge in [-0.1, -0.05) is 158 Å². The molecule has 0 saturated carbocycles. The lowest BCUT2D eigenvalue weighted by Crippen LogP contribution is -2.03. The number of nitrogens with zero attached hydrogens (tertiary/aromatic N) is 5. The van der Waals surface area contributed by atoms with E-state index in [1.807, 2.05) is 36.4 Å². The monoisotopic (exact) mass is 819 g/mol. The normalized spacial score (nSPS) is 11.6. The molecular weight excluding hydrogens is 779 g/mol. The standard InChI is InChI=1S/C59H41N5/c1-38-17-9-11-23-47(38)42-29-31-55-51(35-42)49-25-13-15-27-53(49)63(55)45-33-44(59-61-57(40-19-5-3-6-20-40)60-58(62-59)41-21-7-4-8-22-41)34-46(37-45)64-54-28-16-14-26-50(54)52-36-43(30-32-56(52)64)48-24-12-10-18-39(48)2/h3-37H,1-2H3. The van der Waals surface area contributed by atoms with Crippen LogP contribution in [-0.4, -0.2) is 24.1 Å². The zero-order valence-electron chi connectivity index (χ0n) is 35.4.